The molecule has 0 aliphatic heterocycles. The van der Waals surface area contributed by atoms with Crippen molar-refractivity contribution in [3.63, 3.8) is 0 Å². The largest absolute Gasteiger partial charge is 0.490 e. The van der Waals surface area contributed by atoms with Crippen LogP contribution in [-0.2, 0) is 0 Å². The third-order valence-corrected chi connectivity index (χ3v) is 2.82. The van der Waals surface area contributed by atoms with Crippen molar-refractivity contribution in [1.29, 1.82) is 0 Å². The van der Waals surface area contributed by atoms with Crippen molar-refractivity contribution in [2.24, 2.45) is 0 Å². The number of methoxy groups -OCH3 is 1. The van der Waals surface area contributed by atoms with Crippen molar-refractivity contribution < 1.29 is 9.66 Å². The van der Waals surface area contributed by atoms with E-state index in [4.69, 9.17) is 10.5 Å². The molecule has 7 nitrogen and oxygen atoms in total. The molecule has 0 unspecified atom stereocenters. The number of nitrogen functional groups attached to an aromatic ring is 1. The lowest BCUT2D eigenvalue weighted by molar-refractivity contribution is -0.385. The summed E-state index contributed by atoms with van der Waals surface area (Å²) in [6.07, 6.45) is 0. The third kappa shape index (κ3) is 3.72. The molecule has 0 aromatic heterocycles. The number of ether oxygens (including phenoxy) is 1. The van der Waals surface area contributed by atoms with E-state index in [9.17, 15) is 10.1 Å². The fourth-order valence-electron chi connectivity index (χ4n) is 1.68. The van der Waals surface area contributed by atoms with Gasteiger partial charge in [-0.3, -0.25) is 10.1 Å². The number of nitrogens with zero attached hydrogens (tertiary/aromatic N) is 3. The molecule has 0 aliphatic carbocycles. The molecule has 106 valence electrons. The van der Waals surface area contributed by atoms with Crippen molar-refractivity contribution >= 4 is 17.1 Å². The Bertz CT molecular complexity index is 463. The van der Waals surface area contributed by atoms with Gasteiger partial charge in [-0.2, -0.15) is 0 Å². The normalized spacial score (nSPS) is 10.6. The van der Waals surface area contributed by atoms with Crippen molar-refractivity contribution in [3.8, 4) is 5.75 Å². The summed E-state index contributed by atoms with van der Waals surface area (Å²) in [6, 6.07) is 2.93. The van der Waals surface area contributed by atoms with Gasteiger partial charge in [0.25, 0.3) is 0 Å². The summed E-state index contributed by atoms with van der Waals surface area (Å²) in [4.78, 5) is 14.4. The Morgan fingerprint density at radius 3 is 2.42 bits per heavy atom. The monoisotopic (exact) mass is 268 g/mol. The van der Waals surface area contributed by atoms with E-state index in [1.54, 1.807) is 6.07 Å². The highest BCUT2D eigenvalue weighted by Gasteiger charge is 2.19. The summed E-state index contributed by atoms with van der Waals surface area (Å²) in [5, 5.41) is 10.9. The van der Waals surface area contributed by atoms with E-state index in [0.29, 0.717) is 5.69 Å². The molecule has 0 spiro atoms. The first-order chi connectivity index (χ1) is 8.86. The Morgan fingerprint density at radius 1 is 1.32 bits per heavy atom. The molecule has 0 radical (unpaired) electrons. The molecule has 0 amide bonds. The second kappa shape index (κ2) is 6.24. The van der Waals surface area contributed by atoms with E-state index in [1.165, 1.54) is 13.2 Å². The van der Waals surface area contributed by atoms with Crippen molar-refractivity contribution in [2.75, 3.05) is 52.0 Å². The molecule has 1 rings (SSSR count). The Balaban J connectivity index is 3.05. The van der Waals surface area contributed by atoms with Gasteiger partial charge in [-0.25, -0.2) is 0 Å². The highest BCUT2D eigenvalue weighted by molar-refractivity contribution is 5.74. The van der Waals surface area contributed by atoms with E-state index < -0.39 is 4.92 Å². The van der Waals surface area contributed by atoms with Crippen LogP contribution in [-0.4, -0.2) is 51.2 Å². The summed E-state index contributed by atoms with van der Waals surface area (Å²) >= 11 is 0. The second-order valence-corrected chi connectivity index (χ2v) is 4.56. The summed E-state index contributed by atoms with van der Waals surface area (Å²) in [5.74, 6) is 0.214. The molecule has 1 aromatic carbocycles. The van der Waals surface area contributed by atoms with Gasteiger partial charge in [0.15, 0.2) is 5.75 Å². The van der Waals surface area contributed by atoms with Crippen molar-refractivity contribution in [2.45, 2.75) is 0 Å². The minimum atomic E-state index is -0.501. The SMILES string of the molecule is COc1cc(N(C)CCN(C)C)c(N)cc1[N+](=O)[O-]. The number of rotatable bonds is 6. The summed E-state index contributed by atoms with van der Waals surface area (Å²) in [7, 11) is 7.25. The quantitative estimate of drug-likeness (QED) is 0.474. The zero-order valence-electron chi connectivity index (χ0n) is 11.7. The smallest absolute Gasteiger partial charge is 0.313 e. The van der Waals surface area contributed by atoms with Gasteiger partial charge in [0.05, 0.1) is 23.4 Å². The third-order valence-electron chi connectivity index (χ3n) is 2.82. The van der Waals surface area contributed by atoms with Gasteiger partial charge in [-0.15, -0.1) is 0 Å². The van der Waals surface area contributed by atoms with Crippen molar-refractivity contribution in [3.05, 3.63) is 22.2 Å². The molecule has 19 heavy (non-hydrogen) atoms. The van der Waals surface area contributed by atoms with Gasteiger partial charge < -0.3 is 20.3 Å². The number of benzene rings is 1. The first-order valence-electron chi connectivity index (χ1n) is 5.84. The van der Waals surface area contributed by atoms with Crippen LogP contribution in [0, 0.1) is 10.1 Å². The van der Waals surface area contributed by atoms with Crippen LogP contribution in [0.2, 0.25) is 0 Å². The van der Waals surface area contributed by atoms with E-state index in [-0.39, 0.29) is 11.4 Å². The van der Waals surface area contributed by atoms with Crippen LogP contribution in [0.3, 0.4) is 0 Å². The first-order valence-corrected chi connectivity index (χ1v) is 5.84. The lowest BCUT2D eigenvalue weighted by atomic mass is 10.2. The number of nitro groups is 1. The average Bonchev–Trinajstić information content (AvgIpc) is 2.35. The minimum absolute atomic E-state index is 0.121. The van der Waals surface area contributed by atoms with Crippen LogP contribution in [0.25, 0.3) is 0 Å². The zero-order chi connectivity index (χ0) is 14.6. The molecule has 0 heterocycles. The highest BCUT2D eigenvalue weighted by atomic mass is 16.6. The van der Waals surface area contributed by atoms with Gasteiger partial charge in [0, 0.05) is 32.3 Å². The molecule has 0 bridgehead atoms. The van der Waals surface area contributed by atoms with Crippen LogP contribution in [0.4, 0.5) is 17.1 Å². The predicted molar refractivity (Wildman–Crippen MR) is 75.9 cm³/mol. The summed E-state index contributed by atoms with van der Waals surface area (Å²) in [6.45, 7) is 1.62. The molecule has 0 fully saturated rings. The lowest BCUT2D eigenvalue weighted by Gasteiger charge is -2.23. The predicted octanol–water partition coefficient (Wildman–Crippen LogP) is 1.18. The first kappa shape index (κ1) is 15.0. The van der Waals surface area contributed by atoms with Crippen LogP contribution < -0.4 is 15.4 Å². The van der Waals surface area contributed by atoms with E-state index in [0.717, 1.165) is 18.8 Å². The number of nitrogens with two attached hydrogens (primary N) is 1. The van der Waals surface area contributed by atoms with Gasteiger partial charge in [-0.05, 0) is 14.1 Å². The Kier molecular flexibility index (Phi) is 4.94. The topological polar surface area (TPSA) is 84.9 Å². The van der Waals surface area contributed by atoms with Crippen LogP contribution >= 0.6 is 0 Å². The van der Waals surface area contributed by atoms with E-state index >= 15 is 0 Å². The molecule has 2 N–H and O–H groups in total. The summed E-state index contributed by atoms with van der Waals surface area (Å²) in [5.41, 5.74) is 6.85. The van der Waals surface area contributed by atoms with Crippen LogP contribution in [0.5, 0.6) is 5.75 Å². The fourth-order valence-corrected chi connectivity index (χ4v) is 1.68. The number of hydrogen-bond acceptors (Lipinski definition) is 6. The number of hydrogen-bond donors (Lipinski definition) is 1. The Labute approximate surface area is 112 Å². The Morgan fingerprint density at radius 2 is 1.95 bits per heavy atom. The van der Waals surface area contributed by atoms with E-state index in [2.05, 4.69) is 4.90 Å². The minimum Gasteiger partial charge on any atom is -0.490 e. The second-order valence-electron chi connectivity index (χ2n) is 4.56. The molecular weight excluding hydrogens is 248 g/mol. The van der Waals surface area contributed by atoms with Crippen molar-refractivity contribution in [1.82, 2.24) is 4.90 Å². The number of likely N-dealkylation sites (N-methyl/N-ethyl adjacent to an activating group) is 2. The standard InChI is InChI=1S/C12H20N4O3/c1-14(2)5-6-15(3)10-8-12(19-4)11(16(17)18)7-9(10)13/h7-8H,5-6,13H2,1-4H3. The maximum Gasteiger partial charge on any atom is 0.313 e. The molecule has 1 aromatic rings. The lowest BCUT2D eigenvalue weighted by Crippen LogP contribution is -2.29. The fraction of sp³-hybridized carbons (Fsp3) is 0.500. The molecular formula is C12H20N4O3. The van der Waals surface area contributed by atoms with Gasteiger partial charge in [0.2, 0.25) is 0 Å². The van der Waals surface area contributed by atoms with Crippen LogP contribution in [0.1, 0.15) is 0 Å². The molecule has 0 aliphatic rings. The zero-order valence-corrected chi connectivity index (χ0v) is 11.7. The van der Waals surface area contributed by atoms with Gasteiger partial charge in [0.1, 0.15) is 0 Å². The van der Waals surface area contributed by atoms with Gasteiger partial charge >= 0.3 is 5.69 Å². The summed E-state index contributed by atoms with van der Waals surface area (Å²) < 4.78 is 5.04. The van der Waals surface area contributed by atoms with E-state index in [1.807, 2.05) is 26.0 Å². The number of nitro benzene ring substituents is 1. The number of anilines is 2. The molecule has 0 saturated carbocycles. The van der Waals surface area contributed by atoms with Gasteiger partial charge in [-0.1, -0.05) is 0 Å². The van der Waals surface area contributed by atoms with Crippen LogP contribution in [0.15, 0.2) is 12.1 Å². The Hall–Kier alpha value is -2.02. The molecule has 0 saturated heterocycles. The maximum atomic E-state index is 10.9. The average molecular weight is 268 g/mol. The maximum absolute atomic E-state index is 10.9. The molecule has 7 heteroatoms. The highest BCUT2D eigenvalue weighted by Crippen LogP contribution is 2.36. The molecule has 0 atom stereocenters.